The number of carbonyl (C=O) groups is 1. The molecule has 1 aliphatic rings. The van der Waals surface area contributed by atoms with Crippen LogP contribution in [0.3, 0.4) is 0 Å². The van der Waals surface area contributed by atoms with Crippen LogP contribution in [0.25, 0.3) is 0 Å². The Bertz CT molecular complexity index is 911. The summed E-state index contributed by atoms with van der Waals surface area (Å²) in [5.74, 6) is -3.56. The van der Waals surface area contributed by atoms with Gasteiger partial charge in [-0.1, -0.05) is 17.7 Å². The second-order valence-electron chi connectivity index (χ2n) is 6.69. The van der Waals surface area contributed by atoms with Crippen LogP contribution in [-0.2, 0) is 11.4 Å². The van der Waals surface area contributed by atoms with E-state index in [0.29, 0.717) is 16.6 Å². The van der Waals surface area contributed by atoms with Crippen molar-refractivity contribution in [3.05, 3.63) is 58.6 Å². The first-order valence-electron chi connectivity index (χ1n) is 9.12. The third-order valence-electron chi connectivity index (χ3n) is 4.39. The van der Waals surface area contributed by atoms with Gasteiger partial charge in [-0.3, -0.25) is 0 Å². The van der Waals surface area contributed by atoms with Gasteiger partial charge in [0.2, 0.25) is 0 Å². The zero-order valence-electron chi connectivity index (χ0n) is 16.3. The predicted octanol–water partition coefficient (Wildman–Crippen LogP) is 4.63. The molecular formula is C20H20ClF5N2O3. The van der Waals surface area contributed by atoms with E-state index in [1.165, 1.54) is 18.2 Å². The average Bonchev–Trinajstić information content (AvgIpc) is 2.69. The standard InChI is InChI=1S/C18H19ClF2N2O.C2HF3O2/c1-12-10-22-6-7-23(12)15-4-5-16(20)18(9-15)24-11-13-2-3-14(19)8-17(13)21;3-2(4,5)1(6)7/h2-5,8-9,12,22H,6-7,10-11H2,1H3;(H,6,7). The second kappa shape index (κ2) is 10.6. The number of carboxylic acid groups (broad SMARTS) is 1. The fraction of sp³-hybridized carbons (Fsp3) is 0.350. The van der Waals surface area contributed by atoms with Gasteiger partial charge in [0.05, 0.1) is 0 Å². The quantitative estimate of drug-likeness (QED) is 0.643. The molecule has 1 saturated heterocycles. The molecule has 5 nitrogen and oxygen atoms in total. The maximum atomic E-state index is 14.0. The highest BCUT2D eigenvalue weighted by molar-refractivity contribution is 6.30. The summed E-state index contributed by atoms with van der Waals surface area (Å²) in [6.07, 6.45) is -5.08. The Morgan fingerprint density at radius 2 is 1.90 bits per heavy atom. The molecule has 2 N–H and O–H groups in total. The minimum absolute atomic E-state index is 0.0551. The number of benzene rings is 2. The number of hydrogen-bond donors (Lipinski definition) is 2. The van der Waals surface area contributed by atoms with Crippen LogP contribution in [0.15, 0.2) is 36.4 Å². The van der Waals surface area contributed by atoms with Gasteiger partial charge in [-0.25, -0.2) is 13.6 Å². The lowest BCUT2D eigenvalue weighted by Gasteiger charge is -2.36. The molecule has 1 heterocycles. The lowest BCUT2D eigenvalue weighted by molar-refractivity contribution is -0.192. The fourth-order valence-electron chi connectivity index (χ4n) is 2.80. The summed E-state index contributed by atoms with van der Waals surface area (Å²) in [6, 6.07) is 9.45. The highest BCUT2D eigenvalue weighted by Gasteiger charge is 2.38. The summed E-state index contributed by atoms with van der Waals surface area (Å²) in [6.45, 7) is 4.66. The topological polar surface area (TPSA) is 61.8 Å². The van der Waals surface area contributed by atoms with Crippen LogP contribution >= 0.6 is 11.6 Å². The number of nitrogens with one attached hydrogen (secondary N) is 1. The van der Waals surface area contributed by atoms with Crippen LogP contribution in [0.2, 0.25) is 5.02 Å². The van der Waals surface area contributed by atoms with Gasteiger partial charge >= 0.3 is 12.1 Å². The van der Waals surface area contributed by atoms with Gasteiger partial charge in [0.25, 0.3) is 0 Å². The van der Waals surface area contributed by atoms with Crippen molar-refractivity contribution in [1.82, 2.24) is 5.32 Å². The van der Waals surface area contributed by atoms with Gasteiger partial charge in [-0.15, -0.1) is 0 Å². The predicted molar refractivity (Wildman–Crippen MR) is 106 cm³/mol. The third-order valence-corrected chi connectivity index (χ3v) is 4.62. The molecule has 0 radical (unpaired) electrons. The summed E-state index contributed by atoms with van der Waals surface area (Å²) in [5.41, 5.74) is 1.23. The molecule has 0 saturated carbocycles. The zero-order valence-corrected chi connectivity index (χ0v) is 17.1. The molecule has 170 valence electrons. The lowest BCUT2D eigenvalue weighted by atomic mass is 10.1. The summed E-state index contributed by atoms with van der Waals surface area (Å²) in [4.78, 5) is 11.1. The van der Waals surface area contributed by atoms with Crippen molar-refractivity contribution < 1.29 is 36.6 Å². The van der Waals surface area contributed by atoms with Crippen LogP contribution in [0.4, 0.5) is 27.6 Å². The molecule has 11 heteroatoms. The van der Waals surface area contributed by atoms with Gasteiger partial charge < -0.3 is 20.1 Å². The summed E-state index contributed by atoms with van der Waals surface area (Å²) in [7, 11) is 0. The van der Waals surface area contributed by atoms with E-state index in [4.69, 9.17) is 26.2 Å². The molecule has 0 aromatic heterocycles. The van der Waals surface area contributed by atoms with Crippen molar-refractivity contribution in [2.45, 2.75) is 25.7 Å². The van der Waals surface area contributed by atoms with Crippen molar-refractivity contribution in [2.24, 2.45) is 0 Å². The summed E-state index contributed by atoms with van der Waals surface area (Å²) < 4.78 is 65.1. The Kier molecular flexibility index (Phi) is 8.46. The van der Waals surface area contributed by atoms with Crippen LogP contribution < -0.4 is 15.0 Å². The normalized spacial score (nSPS) is 16.4. The fourth-order valence-corrected chi connectivity index (χ4v) is 2.96. The Hall–Kier alpha value is -2.59. The van der Waals surface area contributed by atoms with Crippen molar-refractivity contribution in [3.63, 3.8) is 0 Å². The monoisotopic (exact) mass is 466 g/mol. The van der Waals surface area contributed by atoms with Gasteiger partial charge in [0.15, 0.2) is 11.6 Å². The largest absolute Gasteiger partial charge is 0.490 e. The third kappa shape index (κ3) is 7.25. The number of ether oxygens (including phenoxy) is 1. The first-order valence-corrected chi connectivity index (χ1v) is 9.50. The van der Waals surface area contributed by atoms with Gasteiger partial charge in [0, 0.05) is 48.0 Å². The first kappa shape index (κ1) is 24.7. The van der Waals surface area contributed by atoms with Crippen molar-refractivity contribution >= 4 is 23.3 Å². The summed E-state index contributed by atoms with van der Waals surface area (Å²) >= 11 is 5.73. The molecular weight excluding hydrogens is 447 g/mol. The van der Waals surface area contributed by atoms with Gasteiger partial charge in [-0.05, 0) is 31.2 Å². The Morgan fingerprint density at radius 1 is 1.23 bits per heavy atom. The van der Waals surface area contributed by atoms with E-state index in [-0.39, 0.29) is 12.4 Å². The molecule has 2 aromatic carbocycles. The number of halogens is 6. The molecule has 31 heavy (non-hydrogen) atoms. The molecule has 1 aliphatic heterocycles. The lowest BCUT2D eigenvalue weighted by Crippen LogP contribution is -2.49. The smallest absolute Gasteiger partial charge is 0.486 e. The van der Waals surface area contributed by atoms with Crippen LogP contribution in [-0.4, -0.2) is 42.9 Å². The number of nitrogens with zero attached hydrogens (tertiary/aromatic N) is 1. The van der Waals surface area contributed by atoms with E-state index in [1.807, 2.05) is 0 Å². The Labute approximate surface area is 180 Å². The Morgan fingerprint density at radius 3 is 2.48 bits per heavy atom. The second-order valence-corrected chi connectivity index (χ2v) is 7.13. The molecule has 1 atom stereocenters. The molecule has 0 amide bonds. The maximum absolute atomic E-state index is 14.0. The average molecular weight is 467 g/mol. The maximum Gasteiger partial charge on any atom is 0.490 e. The molecule has 0 spiro atoms. The first-order chi connectivity index (χ1) is 14.5. The number of anilines is 1. The van der Waals surface area contributed by atoms with Crippen LogP contribution in [0.5, 0.6) is 5.75 Å². The van der Waals surface area contributed by atoms with E-state index >= 15 is 0 Å². The van der Waals surface area contributed by atoms with Crippen LogP contribution in [0, 0.1) is 11.6 Å². The van der Waals surface area contributed by atoms with Gasteiger partial charge in [0.1, 0.15) is 12.4 Å². The van der Waals surface area contributed by atoms with Crippen molar-refractivity contribution in [3.8, 4) is 5.75 Å². The van der Waals surface area contributed by atoms with E-state index in [9.17, 15) is 22.0 Å². The van der Waals surface area contributed by atoms with E-state index in [0.717, 1.165) is 25.3 Å². The molecule has 0 bridgehead atoms. The van der Waals surface area contributed by atoms with Crippen LogP contribution in [0.1, 0.15) is 12.5 Å². The van der Waals surface area contributed by atoms with Gasteiger partial charge in [-0.2, -0.15) is 13.2 Å². The van der Waals surface area contributed by atoms with E-state index in [2.05, 4.69) is 17.1 Å². The van der Waals surface area contributed by atoms with E-state index < -0.39 is 23.8 Å². The number of alkyl halides is 3. The highest BCUT2D eigenvalue weighted by Crippen LogP contribution is 2.27. The minimum atomic E-state index is -5.08. The molecule has 0 aliphatic carbocycles. The zero-order chi connectivity index (χ0) is 23.2. The highest BCUT2D eigenvalue weighted by atomic mass is 35.5. The number of aliphatic carboxylic acids is 1. The number of carboxylic acids is 1. The number of rotatable bonds is 4. The van der Waals surface area contributed by atoms with Crippen molar-refractivity contribution in [1.29, 1.82) is 0 Å². The SMILES string of the molecule is CC1CNCCN1c1ccc(F)c(OCc2ccc(Cl)cc2F)c1.O=C(O)C(F)(F)F. The number of piperazine rings is 1. The van der Waals surface area contributed by atoms with E-state index in [1.54, 1.807) is 18.2 Å². The molecule has 3 rings (SSSR count). The number of hydrogen-bond acceptors (Lipinski definition) is 4. The van der Waals surface area contributed by atoms with Crippen molar-refractivity contribution in [2.75, 3.05) is 24.5 Å². The summed E-state index contributed by atoms with van der Waals surface area (Å²) in [5, 5.41) is 10.8. The molecule has 2 aromatic rings. The molecule has 1 unspecified atom stereocenters. The Balaban J connectivity index is 0.000000423. The molecule has 1 fully saturated rings. The minimum Gasteiger partial charge on any atom is -0.486 e.